The lowest BCUT2D eigenvalue weighted by atomic mass is 9.84. The summed E-state index contributed by atoms with van der Waals surface area (Å²) in [7, 11) is 0. The zero-order valence-electron chi connectivity index (χ0n) is 10.6. The van der Waals surface area contributed by atoms with Crippen LogP contribution in [0.2, 0.25) is 0 Å². The molecule has 6 unspecified atom stereocenters. The van der Waals surface area contributed by atoms with E-state index in [4.69, 9.17) is 0 Å². The maximum atomic E-state index is 11.8. The molecule has 3 fully saturated rings. The summed E-state index contributed by atoms with van der Waals surface area (Å²) in [6, 6.07) is -0.0738. The summed E-state index contributed by atoms with van der Waals surface area (Å²) < 4.78 is 0. The molecule has 3 aliphatic rings. The number of carbonyl (C=O) groups excluding carboxylic acids is 1. The molecule has 18 heavy (non-hydrogen) atoms. The highest BCUT2D eigenvalue weighted by Gasteiger charge is 2.51. The van der Waals surface area contributed by atoms with Crippen molar-refractivity contribution >= 4 is 12.0 Å². The van der Waals surface area contributed by atoms with Crippen molar-refractivity contribution < 1.29 is 14.7 Å². The molecule has 0 aromatic heterocycles. The molecule has 3 rings (SSSR count). The van der Waals surface area contributed by atoms with E-state index in [0.717, 1.165) is 25.7 Å². The molecule has 100 valence electrons. The number of fused-ring (bicyclic) bond motifs is 2. The van der Waals surface area contributed by atoms with Gasteiger partial charge in [-0.3, -0.25) is 4.79 Å². The topological polar surface area (TPSA) is 78.4 Å². The molecule has 0 heterocycles. The second kappa shape index (κ2) is 4.14. The fraction of sp³-hybridized carbons (Fsp3) is 0.846. The lowest BCUT2D eigenvalue weighted by Crippen LogP contribution is -2.50. The van der Waals surface area contributed by atoms with E-state index in [1.165, 1.54) is 0 Å². The van der Waals surface area contributed by atoms with Crippen molar-refractivity contribution in [1.29, 1.82) is 0 Å². The predicted octanol–water partition coefficient (Wildman–Crippen LogP) is 1.19. The Kier molecular flexibility index (Phi) is 2.72. The van der Waals surface area contributed by atoms with Gasteiger partial charge in [-0.15, -0.1) is 0 Å². The van der Waals surface area contributed by atoms with Gasteiger partial charge in [0.05, 0.1) is 5.92 Å². The third-order valence-electron chi connectivity index (χ3n) is 4.93. The van der Waals surface area contributed by atoms with E-state index >= 15 is 0 Å². The Balaban J connectivity index is 1.60. The first-order valence-corrected chi connectivity index (χ1v) is 6.86. The van der Waals surface area contributed by atoms with E-state index in [2.05, 4.69) is 17.6 Å². The molecule has 3 aliphatic carbocycles. The second-order valence-electron chi connectivity index (χ2n) is 6.16. The Labute approximate surface area is 106 Å². The Morgan fingerprint density at radius 3 is 2.39 bits per heavy atom. The van der Waals surface area contributed by atoms with E-state index < -0.39 is 5.97 Å². The van der Waals surface area contributed by atoms with Crippen LogP contribution in [-0.4, -0.2) is 29.2 Å². The van der Waals surface area contributed by atoms with Crippen LogP contribution in [0, 0.1) is 23.7 Å². The van der Waals surface area contributed by atoms with E-state index in [1.807, 2.05) is 0 Å². The molecule has 0 aromatic rings. The number of hydrogen-bond acceptors (Lipinski definition) is 2. The van der Waals surface area contributed by atoms with Gasteiger partial charge in [-0.05, 0) is 43.4 Å². The Morgan fingerprint density at radius 1 is 1.11 bits per heavy atom. The minimum absolute atomic E-state index is 0.171. The minimum Gasteiger partial charge on any atom is -0.481 e. The maximum absolute atomic E-state index is 11.8. The molecule has 0 aliphatic heterocycles. The first-order chi connectivity index (χ1) is 8.56. The number of carboxylic acids is 1. The van der Waals surface area contributed by atoms with Crippen LogP contribution in [0.1, 0.15) is 32.6 Å². The van der Waals surface area contributed by atoms with Gasteiger partial charge in [0, 0.05) is 12.1 Å². The lowest BCUT2D eigenvalue weighted by Gasteiger charge is -2.28. The molecule has 2 amide bonds. The number of amides is 2. The summed E-state index contributed by atoms with van der Waals surface area (Å²) in [4.78, 5) is 23.1. The van der Waals surface area contributed by atoms with Crippen molar-refractivity contribution in [3.05, 3.63) is 0 Å². The molecular formula is C13H20N2O3. The van der Waals surface area contributed by atoms with Gasteiger partial charge in [-0.25, -0.2) is 4.79 Å². The largest absolute Gasteiger partial charge is 0.481 e. The van der Waals surface area contributed by atoms with Crippen LogP contribution in [0.15, 0.2) is 0 Å². The van der Waals surface area contributed by atoms with Crippen LogP contribution in [0.3, 0.4) is 0 Å². The third-order valence-corrected chi connectivity index (χ3v) is 4.93. The van der Waals surface area contributed by atoms with Gasteiger partial charge in [0.1, 0.15) is 0 Å². The number of aliphatic carboxylic acids is 1. The molecule has 0 radical (unpaired) electrons. The van der Waals surface area contributed by atoms with Crippen molar-refractivity contribution in [2.75, 3.05) is 0 Å². The summed E-state index contributed by atoms with van der Waals surface area (Å²) in [5.74, 6) is 0.0422. The van der Waals surface area contributed by atoms with Gasteiger partial charge in [-0.2, -0.15) is 0 Å². The molecule has 6 atom stereocenters. The zero-order chi connectivity index (χ0) is 12.9. The van der Waals surface area contributed by atoms with Gasteiger partial charge in [0.15, 0.2) is 0 Å². The van der Waals surface area contributed by atoms with Gasteiger partial charge < -0.3 is 15.7 Å². The molecule has 0 saturated heterocycles. The molecule has 3 saturated carbocycles. The first-order valence-electron chi connectivity index (χ1n) is 6.86. The van der Waals surface area contributed by atoms with E-state index in [1.54, 1.807) is 0 Å². The van der Waals surface area contributed by atoms with Crippen LogP contribution in [-0.2, 0) is 4.79 Å². The van der Waals surface area contributed by atoms with Gasteiger partial charge in [0.2, 0.25) is 0 Å². The van der Waals surface area contributed by atoms with Gasteiger partial charge >= 0.3 is 12.0 Å². The van der Waals surface area contributed by atoms with E-state index in [9.17, 15) is 14.7 Å². The van der Waals surface area contributed by atoms with Crippen molar-refractivity contribution in [3.63, 3.8) is 0 Å². The van der Waals surface area contributed by atoms with Crippen LogP contribution >= 0.6 is 0 Å². The first kappa shape index (κ1) is 11.8. The van der Waals surface area contributed by atoms with Crippen LogP contribution in [0.5, 0.6) is 0 Å². The van der Waals surface area contributed by atoms with Crippen molar-refractivity contribution in [2.45, 2.75) is 44.7 Å². The molecule has 5 heteroatoms. The lowest BCUT2D eigenvalue weighted by molar-refractivity contribution is -0.144. The Morgan fingerprint density at radius 2 is 1.78 bits per heavy atom. The maximum Gasteiger partial charge on any atom is 0.315 e. The van der Waals surface area contributed by atoms with Crippen molar-refractivity contribution in [1.82, 2.24) is 10.6 Å². The molecule has 0 aromatic carbocycles. The zero-order valence-corrected chi connectivity index (χ0v) is 10.6. The highest BCUT2D eigenvalue weighted by Crippen LogP contribution is 2.48. The number of rotatable bonds is 3. The molecule has 2 bridgehead atoms. The van der Waals surface area contributed by atoms with Crippen molar-refractivity contribution in [2.24, 2.45) is 23.7 Å². The smallest absolute Gasteiger partial charge is 0.315 e. The number of nitrogens with one attached hydrogen (secondary N) is 2. The van der Waals surface area contributed by atoms with E-state index in [-0.39, 0.29) is 30.0 Å². The quantitative estimate of drug-likeness (QED) is 0.706. The SMILES string of the molecule is CC1CC1NC(=O)NC1C2CCC(C2)C1C(=O)O. The Bertz CT molecular complexity index is 384. The van der Waals surface area contributed by atoms with E-state index in [0.29, 0.717) is 11.8 Å². The monoisotopic (exact) mass is 252 g/mol. The number of carboxylic acid groups (broad SMARTS) is 1. The number of hydrogen-bond donors (Lipinski definition) is 3. The third kappa shape index (κ3) is 1.95. The van der Waals surface area contributed by atoms with Crippen LogP contribution in [0.25, 0.3) is 0 Å². The van der Waals surface area contributed by atoms with Gasteiger partial charge in [-0.1, -0.05) is 6.92 Å². The standard InChI is InChI=1S/C13H20N2O3/c1-6-4-9(6)14-13(18)15-11-8-3-2-7(5-8)10(11)12(16)17/h6-11H,2-5H2,1H3,(H,16,17)(H2,14,15,18). The average Bonchev–Trinajstić information content (AvgIpc) is 2.76. The normalized spacial score (nSPS) is 44.7. The number of carbonyl (C=O) groups is 2. The summed E-state index contributed by atoms with van der Waals surface area (Å²) in [6.07, 6.45) is 4.05. The highest BCUT2D eigenvalue weighted by molar-refractivity contribution is 5.78. The number of urea groups is 1. The predicted molar refractivity (Wildman–Crippen MR) is 65.0 cm³/mol. The van der Waals surface area contributed by atoms with Crippen LogP contribution in [0.4, 0.5) is 4.79 Å². The average molecular weight is 252 g/mol. The minimum atomic E-state index is -0.757. The fourth-order valence-electron chi connectivity index (χ4n) is 3.74. The molecule has 5 nitrogen and oxygen atoms in total. The molecular weight excluding hydrogens is 232 g/mol. The van der Waals surface area contributed by atoms with Crippen molar-refractivity contribution in [3.8, 4) is 0 Å². The molecule has 0 spiro atoms. The highest BCUT2D eigenvalue weighted by atomic mass is 16.4. The summed E-state index contributed by atoms with van der Waals surface area (Å²) in [5.41, 5.74) is 0. The molecule has 3 N–H and O–H groups in total. The summed E-state index contributed by atoms with van der Waals surface area (Å²) in [6.45, 7) is 2.10. The van der Waals surface area contributed by atoms with Crippen LogP contribution < -0.4 is 10.6 Å². The summed E-state index contributed by atoms with van der Waals surface area (Å²) >= 11 is 0. The fourth-order valence-corrected chi connectivity index (χ4v) is 3.74. The Hall–Kier alpha value is -1.26. The second-order valence-corrected chi connectivity index (χ2v) is 6.16. The summed E-state index contributed by atoms with van der Waals surface area (Å²) in [5, 5.41) is 15.1. The van der Waals surface area contributed by atoms with Gasteiger partial charge in [0.25, 0.3) is 0 Å².